The van der Waals surface area contributed by atoms with E-state index in [4.69, 9.17) is 23.8 Å². The summed E-state index contributed by atoms with van der Waals surface area (Å²) in [4.78, 5) is 31.8. The van der Waals surface area contributed by atoms with Crippen molar-refractivity contribution in [1.82, 2.24) is 9.63 Å². The second kappa shape index (κ2) is 18.8. The molecule has 17 nitrogen and oxygen atoms in total. The van der Waals surface area contributed by atoms with E-state index in [0.717, 1.165) is 0 Å². The van der Waals surface area contributed by atoms with E-state index in [9.17, 15) is 50.4 Å². The summed E-state index contributed by atoms with van der Waals surface area (Å²) >= 11 is 0. The van der Waals surface area contributed by atoms with Crippen molar-refractivity contribution >= 4 is 11.9 Å². The van der Waals surface area contributed by atoms with Crippen LogP contribution in [0.4, 0.5) is 0 Å². The topological polar surface area (TPSA) is 250 Å². The second-order valence-electron chi connectivity index (χ2n) is 11.9. The van der Waals surface area contributed by atoms with E-state index in [1.807, 2.05) is 0 Å². The first kappa shape index (κ1) is 38.9. The first-order chi connectivity index (χ1) is 22.3. The second-order valence-corrected chi connectivity index (χ2v) is 11.9. The molecule has 3 rings (SSSR count). The molecule has 270 valence electrons. The zero-order chi connectivity index (χ0) is 34.7. The van der Waals surface area contributed by atoms with Gasteiger partial charge in [0.1, 0.15) is 36.6 Å². The lowest BCUT2D eigenvalue weighted by molar-refractivity contribution is -0.293. The highest BCUT2D eigenvalue weighted by Crippen LogP contribution is 2.23. The molecule has 0 aliphatic carbocycles. The van der Waals surface area contributed by atoms with Gasteiger partial charge in [-0.1, -0.05) is 0 Å². The number of amides is 1. The molecule has 0 unspecified atom stereocenters. The van der Waals surface area contributed by atoms with E-state index in [0.29, 0.717) is 56.3 Å². The van der Waals surface area contributed by atoms with Gasteiger partial charge in [-0.25, -0.2) is 4.79 Å². The van der Waals surface area contributed by atoms with Crippen molar-refractivity contribution in [2.24, 2.45) is 0 Å². The predicted molar refractivity (Wildman–Crippen MR) is 159 cm³/mol. The molecule has 10 atom stereocenters. The smallest absolute Gasteiger partial charge is 0.333 e. The fourth-order valence-electron chi connectivity index (χ4n) is 5.22. The molecule has 2 saturated heterocycles. The number of hydrogen-bond acceptors (Lipinski definition) is 15. The highest BCUT2D eigenvalue weighted by Gasteiger charge is 2.43. The number of hydrogen-bond donors (Lipinski definition) is 8. The summed E-state index contributed by atoms with van der Waals surface area (Å²) in [6.45, 7) is 4.23. The number of aliphatic hydroxyl groups excluding tert-OH is 6. The summed E-state index contributed by atoms with van der Waals surface area (Å²) in [5.74, 6) is -1.70. The van der Waals surface area contributed by atoms with Crippen molar-refractivity contribution < 1.29 is 74.2 Å². The third-order valence-electron chi connectivity index (χ3n) is 8.19. The Balaban J connectivity index is 1.42. The SMILES string of the molecule is C[C@@H]1O[C@@H](OCCCCN(CCCCO[C@@H]2O[C@@H](C)[C@@H](O)[C@@H](O)[C@@H]2O)C(=O)CCCCC(=O)On2c(O)ccc2O)[C@@H](O)[C@H](O)[C@@H]1O. The zero-order valence-electron chi connectivity index (χ0n) is 26.7. The number of carbonyl (C=O) groups is 2. The van der Waals surface area contributed by atoms with Crippen molar-refractivity contribution in [3.05, 3.63) is 12.1 Å². The number of carbonyl (C=O) groups excluding carboxylic acids is 2. The highest BCUT2D eigenvalue weighted by molar-refractivity contribution is 5.76. The van der Waals surface area contributed by atoms with Crippen LogP contribution in [0.3, 0.4) is 0 Å². The van der Waals surface area contributed by atoms with Crippen LogP contribution in [0, 0.1) is 0 Å². The lowest BCUT2D eigenvalue weighted by Gasteiger charge is -2.39. The summed E-state index contributed by atoms with van der Waals surface area (Å²) in [5, 5.41) is 79.0. The Kier molecular flexibility index (Phi) is 15.6. The zero-order valence-corrected chi connectivity index (χ0v) is 26.7. The molecule has 0 bridgehead atoms. The van der Waals surface area contributed by atoms with Gasteiger partial charge in [0.2, 0.25) is 17.7 Å². The largest absolute Gasteiger partial charge is 0.492 e. The monoisotopic (exact) mass is 678 g/mol. The molecular weight excluding hydrogens is 628 g/mol. The van der Waals surface area contributed by atoms with Gasteiger partial charge in [-0.2, -0.15) is 0 Å². The molecule has 2 fully saturated rings. The van der Waals surface area contributed by atoms with Gasteiger partial charge in [0.05, 0.1) is 12.2 Å². The molecule has 0 saturated carbocycles. The molecule has 1 amide bonds. The van der Waals surface area contributed by atoms with Gasteiger partial charge in [-0.05, 0) is 52.4 Å². The molecule has 8 N–H and O–H groups in total. The minimum absolute atomic E-state index is 0.0438. The Labute approximate surface area is 272 Å². The summed E-state index contributed by atoms with van der Waals surface area (Å²) in [6, 6.07) is 2.33. The molecule has 0 radical (unpaired) electrons. The molecule has 17 heteroatoms. The average molecular weight is 679 g/mol. The quantitative estimate of drug-likeness (QED) is 0.0822. The van der Waals surface area contributed by atoms with E-state index < -0.39 is 79.1 Å². The van der Waals surface area contributed by atoms with Crippen LogP contribution < -0.4 is 4.84 Å². The molecule has 47 heavy (non-hydrogen) atoms. The van der Waals surface area contributed by atoms with Gasteiger partial charge < -0.3 is 69.5 Å². The number of aromatic nitrogens is 1. The van der Waals surface area contributed by atoms with E-state index in [2.05, 4.69) is 0 Å². The highest BCUT2D eigenvalue weighted by atomic mass is 16.7. The van der Waals surface area contributed by atoms with Gasteiger partial charge in [-0.3, -0.25) is 4.79 Å². The van der Waals surface area contributed by atoms with E-state index in [-0.39, 0.29) is 32.0 Å². The molecular formula is C30H50N2O15. The Bertz CT molecular complexity index is 1040. The number of nitrogens with zero attached hydrogens (tertiary/aromatic N) is 2. The van der Waals surface area contributed by atoms with Crippen molar-refractivity contribution in [2.45, 2.75) is 127 Å². The maximum absolute atomic E-state index is 13.1. The lowest BCUT2D eigenvalue weighted by Crippen LogP contribution is -2.57. The van der Waals surface area contributed by atoms with Crippen LogP contribution in [0.1, 0.15) is 65.2 Å². The standard InChI is InChI=1S/C30H50N2O15/c1-17-23(37)25(39)27(41)29(45-17)43-15-7-5-13-31(14-6-8-16-44-30-28(42)26(40)24(38)18(2)46-30)19(33)9-3-4-10-22(36)47-32-20(34)11-12-21(32)35/h11-12,17-18,23-30,34-35,37-42H,3-10,13-16H2,1-2H3/t17-,18-,23+,24+,25+,26+,27-,28-,29+,30+/m0/s1. The number of unbranched alkanes of at least 4 members (excludes halogenated alkanes) is 3. The summed E-state index contributed by atoms with van der Waals surface area (Å²) in [6.07, 6.45) is -8.81. The van der Waals surface area contributed by atoms with Crippen molar-refractivity contribution in [3.8, 4) is 11.8 Å². The number of ether oxygens (including phenoxy) is 4. The molecule has 3 heterocycles. The van der Waals surface area contributed by atoms with Gasteiger partial charge >= 0.3 is 5.97 Å². The Morgan fingerprint density at radius 1 is 0.681 bits per heavy atom. The Morgan fingerprint density at radius 3 is 1.60 bits per heavy atom. The molecule has 0 spiro atoms. The molecule has 2 aliphatic rings. The summed E-state index contributed by atoms with van der Waals surface area (Å²) in [5.41, 5.74) is 0. The Morgan fingerprint density at radius 2 is 1.13 bits per heavy atom. The maximum atomic E-state index is 13.1. The number of aliphatic hydroxyl groups is 6. The maximum Gasteiger partial charge on any atom is 0.333 e. The van der Waals surface area contributed by atoms with Crippen LogP contribution in [-0.4, -0.2) is 150 Å². The van der Waals surface area contributed by atoms with Gasteiger partial charge in [-0.15, -0.1) is 4.73 Å². The van der Waals surface area contributed by atoms with Crippen molar-refractivity contribution in [3.63, 3.8) is 0 Å². The number of aromatic hydroxyl groups is 2. The third-order valence-corrected chi connectivity index (χ3v) is 8.19. The van der Waals surface area contributed by atoms with Crippen LogP contribution in [0.2, 0.25) is 0 Å². The van der Waals surface area contributed by atoms with Gasteiger partial charge in [0.25, 0.3) is 0 Å². The molecule has 1 aromatic heterocycles. The Hall–Kier alpha value is -2.58. The summed E-state index contributed by atoms with van der Waals surface area (Å²) in [7, 11) is 0. The molecule has 0 aromatic carbocycles. The minimum Gasteiger partial charge on any atom is -0.492 e. The third kappa shape index (κ3) is 11.2. The van der Waals surface area contributed by atoms with Crippen molar-refractivity contribution in [1.29, 1.82) is 0 Å². The van der Waals surface area contributed by atoms with Gasteiger partial charge in [0.15, 0.2) is 12.6 Å². The van der Waals surface area contributed by atoms with Crippen LogP contribution in [0.15, 0.2) is 12.1 Å². The molecule has 2 aliphatic heterocycles. The average Bonchev–Trinajstić information content (AvgIpc) is 3.36. The van der Waals surface area contributed by atoms with E-state index in [1.54, 1.807) is 18.7 Å². The first-order valence-corrected chi connectivity index (χ1v) is 16.0. The summed E-state index contributed by atoms with van der Waals surface area (Å²) < 4.78 is 22.6. The van der Waals surface area contributed by atoms with Crippen LogP contribution >= 0.6 is 0 Å². The fourth-order valence-corrected chi connectivity index (χ4v) is 5.22. The van der Waals surface area contributed by atoms with Gasteiger partial charge in [0, 0.05) is 51.3 Å². The predicted octanol–water partition coefficient (Wildman–Crippen LogP) is -1.51. The first-order valence-electron chi connectivity index (χ1n) is 16.0. The van der Waals surface area contributed by atoms with Crippen LogP contribution in [0.5, 0.6) is 11.8 Å². The van der Waals surface area contributed by atoms with Crippen LogP contribution in [-0.2, 0) is 28.5 Å². The van der Waals surface area contributed by atoms with Crippen LogP contribution in [0.25, 0.3) is 0 Å². The fraction of sp³-hybridized carbons (Fsp3) is 0.800. The van der Waals surface area contributed by atoms with E-state index >= 15 is 0 Å². The minimum atomic E-state index is -1.41. The van der Waals surface area contributed by atoms with E-state index in [1.165, 1.54) is 12.1 Å². The normalized spacial score (nSPS) is 31.1. The molecule has 1 aromatic rings. The number of rotatable bonds is 18. The lowest BCUT2D eigenvalue weighted by atomic mass is 10.0. The van der Waals surface area contributed by atoms with Crippen molar-refractivity contribution in [2.75, 3.05) is 26.3 Å².